The van der Waals surface area contributed by atoms with Crippen molar-refractivity contribution in [3.05, 3.63) is 35.9 Å². The van der Waals surface area contributed by atoms with Crippen LogP contribution in [-0.2, 0) is 4.79 Å². The molecule has 0 unspecified atom stereocenters. The number of benzene rings is 1. The van der Waals surface area contributed by atoms with Gasteiger partial charge in [-0.05, 0) is 24.3 Å². The summed E-state index contributed by atoms with van der Waals surface area (Å²) in [5, 5.41) is 8.57. The summed E-state index contributed by atoms with van der Waals surface area (Å²) in [5.41, 5.74) is 1.15. The minimum absolute atomic E-state index is 0.0818. The van der Waals surface area contributed by atoms with Crippen molar-refractivity contribution in [3.8, 4) is 0 Å². The number of amides is 3. The Morgan fingerprint density at radius 2 is 1.75 bits per heavy atom. The Kier molecular flexibility index (Phi) is 7.25. The Morgan fingerprint density at radius 1 is 1.08 bits per heavy atom. The molecule has 132 valence electrons. The summed E-state index contributed by atoms with van der Waals surface area (Å²) in [5.74, 6) is 0.0427. The lowest BCUT2D eigenvalue weighted by Gasteiger charge is -2.24. The van der Waals surface area contributed by atoms with Crippen LogP contribution in [0.25, 0.3) is 0 Å². The van der Waals surface area contributed by atoms with Gasteiger partial charge in [0.25, 0.3) is 0 Å². The first-order chi connectivity index (χ1) is 11.6. The van der Waals surface area contributed by atoms with Gasteiger partial charge in [0.05, 0.1) is 6.54 Å². The van der Waals surface area contributed by atoms with Crippen molar-refractivity contribution in [1.82, 2.24) is 16.0 Å². The van der Waals surface area contributed by atoms with Crippen molar-refractivity contribution < 1.29 is 9.59 Å². The van der Waals surface area contributed by atoms with Crippen LogP contribution >= 0.6 is 0 Å². The number of imide groups is 1. The molecule has 0 bridgehead atoms. The summed E-state index contributed by atoms with van der Waals surface area (Å²) in [7, 11) is 0. The minimum atomic E-state index is -0.380. The fraction of sp³-hybridized carbons (Fsp3) is 0.579. The van der Waals surface area contributed by atoms with Gasteiger partial charge in [0, 0.05) is 12.1 Å². The summed E-state index contributed by atoms with van der Waals surface area (Å²) in [4.78, 5) is 23.9. The van der Waals surface area contributed by atoms with Crippen molar-refractivity contribution in [2.75, 3.05) is 6.54 Å². The molecule has 0 heterocycles. The van der Waals surface area contributed by atoms with E-state index >= 15 is 0 Å². The fourth-order valence-electron chi connectivity index (χ4n) is 3.24. The van der Waals surface area contributed by atoms with Crippen LogP contribution in [0.1, 0.15) is 57.6 Å². The van der Waals surface area contributed by atoms with Gasteiger partial charge >= 0.3 is 6.03 Å². The van der Waals surface area contributed by atoms with Gasteiger partial charge in [-0.15, -0.1) is 0 Å². The molecule has 1 saturated carbocycles. The second kappa shape index (κ2) is 9.42. The smallest absolute Gasteiger partial charge is 0.321 e. The van der Waals surface area contributed by atoms with Gasteiger partial charge in [0.15, 0.2) is 0 Å². The maximum Gasteiger partial charge on any atom is 0.321 e. The first-order valence-electron chi connectivity index (χ1n) is 8.95. The SMILES string of the molecule is CC(C)[C@@H](NCC(=O)NC(=O)NC1CCCCC1)c1ccccc1. The van der Waals surface area contributed by atoms with Crippen LogP contribution in [0.3, 0.4) is 0 Å². The molecule has 0 aromatic heterocycles. The molecule has 1 aromatic carbocycles. The molecule has 0 radical (unpaired) electrons. The summed E-state index contributed by atoms with van der Waals surface area (Å²) < 4.78 is 0. The highest BCUT2D eigenvalue weighted by Crippen LogP contribution is 2.20. The van der Waals surface area contributed by atoms with Gasteiger partial charge < -0.3 is 10.6 Å². The minimum Gasteiger partial charge on any atom is -0.335 e. The lowest BCUT2D eigenvalue weighted by molar-refractivity contribution is -0.119. The molecule has 24 heavy (non-hydrogen) atoms. The normalized spacial score (nSPS) is 16.6. The molecule has 0 saturated heterocycles. The summed E-state index contributed by atoms with van der Waals surface area (Å²) in [6.07, 6.45) is 5.53. The monoisotopic (exact) mass is 331 g/mol. The van der Waals surface area contributed by atoms with Crippen molar-refractivity contribution in [2.24, 2.45) is 5.92 Å². The van der Waals surface area contributed by atoms with E-state index in [1.54, 1.807) is 0 Å². The van der Waals surface area contributed by atoms with Crippen LogP contribution in [0.4, 0.5) is 4.79 Å². The number of hydrogen-bond donors (Lipinski definition) is 3. The molecule has 2 rings (SSSR count). The highest BCUT2D eigenvalue weighted by atomic mass is 16.2. The van der Waals surface area contributed by atoms with Gasteiger partial charge in [-0.3, -0.25) is 10.1 Å². The zero-order valence-corrected chi connectivity index (χ0v) is 14.7. The molecule has 3 N–H and O–H groups in total. The predicted molar refractivity (Wildman–Crippen MR) is 95.6 cm³/mol. The number of hydrogen-bond acceptors (Lipinski definition) is 3. The van der Waals surface area contributed by atoms with E-state index < -0.39 is 0 Å². The molecule has 0 spiro atoms. The number of carbonyl (C=O) groups excluding carboxylic acids is 2. The Balaban J connectivity index is 1.77. The molecule has 1 aromatic rings. The van der Waals surface area contributed by atoms with Crippen LogP contribution < -0.4 is 16.0 Å². The Labute approximate surface area is 144 Å². The molecular weight excluding hydrogens is 302 g/mol. The van der Waals surface area contributed by atoms with Crippen molar-refractivity contribution in [2.45, 2.75) is 58.0 Å². The van der Waals surface area contributed by atoms with Gasteiger partial charge in [-0.25, -0.2) is 4.79 Å². The Bertz CT molecular complexity index is 525. The standard InChI is InChI=1S/C19H29N3O2/c1-14(2)18(15-9-5-3-6-10-15)20-13-17(23)22-19(24)21-16-11-7-4-8-12-16/h3,5-6,9-10,14,16,18,20H,4,7-8,11-13H2,1-2H3,(H2,21,22,23,24)/t18-/m1/s1. The molecule has 0 aliphatic heterocycles. The van der Waals surface area contributed by atoms with Crippen molar-refractivity contribution in [3.63, 3.8) is 0 Å². The van der Waals surface area contributed by atoms with E-state index in [9.17, 15) is 9.59 Å². The van der Waals surface area contributed by atoms with Gasteiger partial charge in [-0.2, -0.15) is 0 Å². The number of urea groups is 1. The lowest BCUT2D eigenvalue weighted by Crippen LogP contribution is -2.47. The van der Waals surface area contributed by atoms with E-state index in [2.05, 4.69) is 29.8 Å². The topological polar surface area (TPSA) is 70.2 Å². The summed E-state index contributed by atoms with van der Waals surface area (Å²) in [6.45, 7) is 4.34. The average molecular weight is 331 g/mol. The summed E-state index contributed by atoms with van der Waals surface area (Å²) in [6, 6.07) is 9.95. The highest BCUT2D eigenvalue weighted by Gasteiger charge is 2.19. The Morgan fingerprint density at radius 3 is 2.38 bits per heavy atom. The van der Waals surface area contributed by atoms with E-state index in [4.69, 9.17) is 0 Å². The van der Waals surface area contributed by atoms with E-state index in [-0.39, 0.29) is 30.6 Å². The van der Waals surface area contributed by atoms with E-state index in [1.807, 2.05) is 30.3 Å². The van der Waals surface area contributed by atoms with Crippen LogP contribution in [-0.4, -0.2) is 24.5 Å². The highest BCUT2D eigenvalue weighted by molar-refractivity contribution is 5.95. The maximum atomic E-state index is 12.0. The first kappa shape index (κ1) is 18.5. The lowest BCUT2D eigenvalue weighted by atomic mass is 9.96. The number of nitrogens with one attached hydrogen (secondary N) is 3. The first-order valence-corrected chi connectivity index (χ1v) is 8.95. The molecule has 5 nitrogen and oxygen atoms in total. The van der Waals surface area contributed by atoms with Crippen LogP contribution in [0.2, 0.25) is 0 Å². The second-order valence-electron chi connectivity index (χ2n) is 6.87. The van der Waals surface area contributed by atoms with Gasteiger partial charge in [-0.1, -0.05) is 63.4 Å². The van der Waals surface area contributed by atoms with E-state index in [0.29, 0.717) is 5.92 Å². The third kappa shape index (κ3) is 5.96. The number of carbonyl (C=O) groups is 2. The maximum absolute atomic E-state index is 12.0. The molecule has 3 amide bonds. The zero-order valence-electron chi connectivity index (χ0n) is 14.7. The van der Waals surface area contributed by atoms with Gasteiger partial charge in [0.1, 0.15) is 0 Å². The van der Waals surface area contributed by atoms with Crippen LogP contribution in [0, 0.1) is 5.92 Å². The third-order valence-corrected chi connectivity index (χ3v) is 4.50. The molecule has 1 atom stereocenters. The van der Waals surface area contributed by atoms with Crippen molar-refractivity contribution in [1.29, 1.82) is 0 Å². The summed E-state index contributed by atoms with van der Waals surface area (Å²) >= 11 is 0. The molecule has 1 aliphatic rings. The predicted octanol–water partition coefficient (Wildman–Crippen LogP) is 3.13. The second-order valence-corrected chi connectivity index (χ2v) is 6.87. The Hall–Kier alpha value is -1.88. The average Bonchev–Trinajstić information content (AvgIpc) is 2.56. The fourth-order valence-corrected chi connectivity index (χ4v) is 3.24. The van der Waals surface area contributed by atoms with Crippen molar-refractivity contribution >= 4 is 11.9 Å². The molecular formula is C19H29N3O2. The van der Waals surface area contributed by atoms with E-state index in [1.165, 1.54) is 6.42 Å². The quantitative estimate of drug-likeness (QED) is 0.750. The van der Waals surface area contributed by atoms with Gasteiger partial charge in [0.2, 0.25) is 5.91 Å². The largest absolute Gasteiger partial charge is 0.335 e. The number of rotatable bonds is 6. The zero-order chi connectivity index (χ0) is 17.4. The molecule has 1 aliphatic carbocycles. The van der Waals surface area contributed by atoms with Crippen LogP contribution in [0.5, 0.6) is 0 Å². The van der Waals surface area contributed by atoms with Crippen LogP contribution in [0.15, 0.2) is 30.3 Å². The van der Waals surface area contributed by atoms with E-state index in [0.717, 1.165) is 31.2 Å². The molecule has 5 heteroatoms. The third-order valence-electron chi connectivity index (χ3n) is 4.50. The molecule has 1 fully saturated rings.